The minimum atomic E-state index is -0.724. The van der Waals surface area contributed by atoms with Gasteiger partial charge in [-0.15, -0.1) is 0 Å². The minimum absolute atomic E-state index is 0.376. The molecule has 1 aromatic heterocycles. The van der Waals surface area contributed by atoms with Crippen molar-refractivity contribution in [3.05, 3.63) is 17.0 Å². The molecule has 88 valence electrons. The molecule has 1 saturated heterocycles. The van der Waals surface area contributed by atoms with Crippen LogP contribution in [0, 0.1) is 0 Å². The molecule has 0 spiro atoms. The molecular formula is C10H14ClN3O2. The lowest BCUT2D eigenvalue weighted by molar-refractivity contribution is 0.0572. The van der Waals surface area contributed by atoms with Gasteiger partial charge in [0.1, 0.15) is 17.3 Å². The Morgan fingerprint density at radius 2 is 2.00 bits per heavy atom. The highest BCUT2D eigenvalue weighted by molar-refractivity contribution is 6.30. The number of rotatable bonds is 2. The van der Waals surface area contributed by atoms with Crippen molar-refractivity contribution in [2.45, 2.75) is 25.6 Å². The fourth-order valence-electron chi connectivity index (χ4n) is 1.90. The van der Waals surface area contributed by atoms with Crippen LogP contribution in [0.4, 0.5) is 5.82 Å². The van der Waals surface area contributed by atoms with Crippen molar-refractivity contribution in [2.75, 3.05) is 18.0 Å². The van der Waals surface area contributed by atoms with E-state index in [1.54, 1.807) is 0 Å². The van der Waals surface area contributed by atoms with E-state index >= 15 is 0 Å². The van der Waals surface area contributed by atoms with Crippen molar-refractivity contribution in [3.63, 3.8) is 0 Å². The van der Waals surface area contributed by atoms with Crippen LogP contribution in [0.2, 0.25) is 5.15 Å². The highest BCUT2D eigenvalue weighted by atomic mass is 35.5. The predicted molar refractivity (Wildman–Crippen MR) is 60.6 cm³/mol. The van der Waals surface area contributed by atoms with Crippen LogP contribution in [0.15, 0.2) is 6.33 Å². The predicted octanol–water partition coefficient (Wildman–Crippen LogP) is 0.234. The maximum absolute atomic E-state index is 9.49. The molecule has 2 unspecified atom stereocenters. The second-order valence-corrected chi connectivity index (χ2v) is 4.22. The van der Waals surface area contributed by atoms with Crippen LogP contribution in [0.1, 0.15) is 12.5 Å². The number of β-amino-alcohol motifs (C(OH)–C–C–N with tert-alkyl or cyclic N) is 2. The van der Waals surface area contributed by atoms with E-state index in [1.165, 1.54) is 6.33 Å². The van der Waals surface area contributed by atoms with Gasteiger partial charge in [-0.25, -0.2) is 9.97 Å². The van der Waals surface area contributed by atoms with Gasteiger partial charge in [-0.05, 0) is 6.42 Å². The Labute approximate surface area is 98.7 Å². The molecule has 1 aromatic rings. The molecule has 2 atom stereocenters. The lowest BCUT2D eigenvalue weighted by Crippen LogP contribution is -2.23. The molecule has 0 amide bonds. The van der Waals surface area contributed by atoms with Crippen LogP contribution in [-0.4, -0.2) is 45.5 Å². The molecule has 1 aliphatic rings. The summed E-state index contributed by atoms with van der Waals surface area (Å²) in [4.78, 5) is 9.93. The SMILES string of the molecule is CCc1c(Cl)ncnc1N1CC(O)C(O)C1. The Morgan fingerprint density at radius 1 is 1.38 bits per heavy atom. The maximum atomic E-state index is 9.49. The molecular weight excluding hydrogens is 230 g/mol. The number of anilines is 1. The molecule has 5 nitrogen and oxygen atoms in total. The van der Waals surface area contributed by atoms with Crippen molar-refractivity contribution in [2.24, 2.45) is 0 Å². The van der Waals surface area contributed by atoms with Gasteiger partial charge in [-0.3, -0.25) is 0 Å². The zero-order chi connectivity index (χ0) is 11.7. The van der Waals surface area contributed by atoms with E-state index in [0.717, 1.165) is 12.0 Å². The molecule has 1 fully saturated rings. The van der Waals surface area contributed by atoms with Crippen LogP contribution in [0.25, 0.3) is 0 Å². The van der Waals surface area contributed by atoms with E-state index in [-0.39, 0.29) is 0 Å². The van der Waals surface area contributed by atoms with Gasteiger partial charge < -0.3 is 15.1 Å². The van der Waals surface area contributed by atoms with E-state index in [2.05, 4.69) is 9.97 Å². The van der Waals surface area contributed by atoms with Gasteiger partial charge in [0.25, 0.3) is 0 Å². The first kappa shape index (κ1) is 11.6. The first-order chi connectivity index (χ1) is 7.63. The fourth-order valence-corrected chi connectivity index (χ4v) is 2.16. The molecule has 0 saturated carbocycles. The third-order valence-electron chi connectivity index (χ3n) is 2.78. The van der Waals surface area contributed by atoms with Gasteiger partial charge >= 0.3 is 0 Å². The lowest BCUT2D eigenvalue weighted by Gasteiger charge is -2.19. The number of nitrogens with zero attached hydrogens (tertiary/aromatic N) is 3. The zero-order valence-electron chi connectivity index (χ0n) is 8.97. The van der Waals surface area contributed by atoms with Crippen molar-refractivity contribution >= 4 is 17.4 Å². The summed E-state index contributed by atoms with van der Waals surface area (Å²) in [6.07, 6.45) is 0.669. The number of aliphatic hydroxyl groups excluding tert-OH is 2. The Bertz CT molecular complexity index is 378. The van der Waals surface area contributed by atoms with Gasteiger partial charge in [0.15, 0.2) is 0 Å². The smallest absolute Gasteiger partial charge is 0.137 e. The summed E-state index contributed by atoms with van der Waals surface area (Å²) < 4.78 is 0. The monoisotopic (exact) mass is 243 g/mol. The zero-order valence-corrected chi connectivity index (χ0v) is 9.72. The highest BCUT2D eigenvalue weighted by Gasteiger charge is 2.31. The standard InChI is InChI=1S/C10H14ClN3O2/c1-2-6-9(11)12-5-13-10(6)14-3-7(15)8(16)4-14/h5,7-8,15-16H,2-4H2,1H3. The Hall–Kier alpha value is -0.910. The third-order valence-corrected chi connectivity index (χ3v) is 3.11. The number of hydrogen-bond donors (Lipinski definition) is 2. The molecule has 6 heteroatoms. The Kier molecular flexibility index (Phi) is 3.28. The van der Waals surface area contributed by atoms with Gasteiger partial charge in [0, 0.05) is 18.7 Å². The average molecular weight is 244 g/mol. The summed E-state index contributed by atoms with van der Waals surface area (Å²) in [7, 11) is 0. The lowest BCUT2D eigenvalue weighted by atomic mass is 10.2. The fraction of sp³-hybridized carbons (Fsp3) is 0.600. The summed E-state index contributed by atoms with van der Waals surface area (Å²) in [6.45, 7) is 2.72. The second-order valence-electron chi connectivity index (χ2n) is 3.86. The number of hydrogen-bond acceptors (Lipinski definition) is 5. The number of aromatic nitrogens is 2. The van der Waals surface area contributed by atoms with Crippen molar-refractivity contribution in [3.8, 4) is 0 Å². The van der Waals surface area contributed by atoms with Crippen molar-refractivity contribution in [1.29, 1.82) is 0 Å². The maximum Gasteiger partial charge on any atom is 0.137 e. The van der Waals surface area contributed by atoms with E-state index in [0.29, 0.717) is 24.1 Å². The van der Waals surface area contributed by atoms with Crippen LogP contribution < -0.4 is 4.90 Å². The largest absolute Gasteiger partial charge is 0.389 e. The number of aliphatic hydroxyl groups is 2. The summed E-state index contributed by atoms with van der Waals surface area (Å²) in [5.41, 5.74) is 0.852. The van der Waals surface area contributed by atoms with E-state index in [9.17, 15) is 10.2 Å². The topological polar surface area (TPSA) is 69.5 Å². The first-order valence-corrected chi connectivity index (χ1v) is 5.61. The summed E-state index contributed by atoms with van der Waals surface area (Å²) >= 11 is 5.98. The normalized spacial score (nSPS) is 25.1. The first-order valence-electron chi connectivity index (χ1n) is 5.24. The van der Waals surface area contributed by atoms with Crippen molar-refractivity contribution in [1.82, 2.24) is 9.97 Å². The molecule has 2 rings (SSSR count). The molecule has 1 aliphatic heterocycles. The van der Waals surface area contributed by atoms with Gasteiger partial charge in [-0.1, -0.05) is 18.5 Å². The van der Waals surface area contributed by atoms with Gasteiger partial charge in [-0.2, -0.15) is 0 Å². The second kappa shape index (κ2) is 4.53. The molecule has 0 bridgehead atoms. The third kappa shape index (κ3) is 1.98. The number of halogens is 1. The van der Waals surface area contributed by atoms with E-state index < -0.39 is 12.2 Å². The minimum Gasteiger partial charge on any atom is -0.389 e. The molecule has 0 aromatic carbocycles. The van der Waals surface area contributed by atoms with Crippen LogP contribution >= 0.6 is 11.6 Å². The van der Waals surface area contributed by atoms with Gasteiger partial charge in [0.2, 0.25) is 0 Å². The van der Waals surface area contributed by atoms with Crippen LogP contribution in [0.5, 0.6) is 0 Å². The summed E-state index contributed by atoms with van der Waals surface area (Å²) in [6, 6.07) is 0. The average Bonchev–Trinajstić information content (AvgIpc) is 2.59. The van der Waals surface area contributed by atoms with E-state index in [4.69, 9.17) is 11.6 Å². The molecule has 0 aliphatic carbocycles. The molecule has 2 N–H and O–H groups in total. The van der Waals surface area contributed by atoms with Crippen LogP contribution in [0.3, 0.4) is 0 Å². The van der Waals surface area contributed by atoms with Crippen molar-refractivity contribution < 1.29 is 10.2 Å². The summed E-state index contributed by atoms with van der Waals surface area (Å²) in [5.74, 6) is 0.707. The Balaban J connectivity index is 2.31. The quantitative estimate of drug-likeness (QED) is 0.728. The Morgan fingerprint density at radius 3 is 2.56 bits per heavy atom. The molecule has 0 radical (unpaired) electrons. The molecule has 16 heavy (non-hydrogen) atoms. The molecule has 2 heterocycles. The van der Waals surface area contributed by atoms with E-state index in [1.807, 2.05) is 11.8 Å². The van der Waals surface area contributed by atoms with Crippen LogP contribution in [-0.2, 0) is 6.42 Å². The highest BCUT2D eigenvalue weighted by Crippen LogP contribution is 2.26. The van der Waals surface area contributed by atoms with Gasteiger partial charge in [0.05, 0.1) is 12.2 Å². The summed E-state index contributed by atoms with van der Waals surface area (Å²) in [5, 5.41) is 19.4.